The highest BCUT2D eigenvalue weighted by Crippen LogP contribution is 2.15. The Morgan fingerprint density at radius 3 is 2.30 bits per heavy atom. The van der Waals surface area contributed by atoms with E-state index >= 15 is 0 Å². The second-order valence-electron chi connectivity index (χ2n) is 11.1. The van der Waals surface area contributed by atoms with E-state index in [1.165, 1.54) is 12.8 Å². The maximum absolute atomic E-state index is 12.7. The standard InChI is InChI=1S/C28H55N7O.C3H8O.C3H4O/c1-8-11-12-18-35(23-22-32(5)6)28(30-15-9-2)25(4)31-24-27(36)29-16-21-34(17-10-3)26-13-19-33(7)20-14-26;1-3-4-2;1-2-3-4/h9,11-12,25-26,31H,2,8,10,13-24H2,1,3-7H3,(H,29,36);3H2,1-2H3;4H,1H3/b12-11-,30-28?;;. The molecule has 0 aromatic carbocycles. The second-order valence-corrected chi connectivity index (χ2v) is 11.1. The van der Waals surface area contributed by atoms with Gasteiger partial charge in [-0.05, 0) is 80.3 Å². The molecule has 0 aliphatic carbocycles. The molecule has 1 aliphatic heterocycles. The number of rotatable bonds is 19. The molecule has 1 aliphatic rings. The van der Waals surface area contributed by atoms with E-state index in [0.717, 1.165) is 71.1 Å². The van der Waals surface area contributed by atoms with E-state index in [2.05, 4.69) is 102 Å². The molecule has 0 aromatic rings. The Morgan fingerprint density at radius 2 is 1.80 bits per heavy atom. The topological polar surface area (TPSA) is 95.9 Å². The molecule has 0 radical (unpaired) electrons. The van der Waals surface area contributed by atoms with Gasteiger partial charge in [0.05, 0.1) is 19.1 Å². The first-order valence-corrected chi connectivity index (χ1v) is 16.3. The fourth-order valence-electron chi connectivity index (χ4n) is 4.52. The SMILES string of the molecule is C=CCN=C(C(C)NCC(=O)NCCN(CCC)C1CCN(C)CC1)N(C/C=C\CC)CCN(C)C.CC#CO.CCOC. The largest absolute Gasteiger partial charge is 0.462 e. The van der Waals surface area contributed by atoms with E-state index in [9.17, 15) is 4.79 Å². The number of likely N-dealkylation sites (tertiary alicyclic amines) is 1. The third-order valence-corrected chi connectivity index (χ3v) is 7.04. The lowest BCUT2D eigenvalue weighted by atomic mass is 10.0. The van der Waals surface area contributed by atoms with E-state index in [1.807, 2.05) is 13.0 Å². The Labute approximate surface area is 271 Å². The summed E-state index contributed by atoms with van der Waals surface area (Å²) in [6.07, 6.45) is 12.5. The van der Waals surface area contributed by atoms with Crippen LogP contribution in [0.4, 0.5) is 0 Å². The van der Waals surface area contributed by atoms with E-state index in [0.29, 0.717) is 19.1 Å². The number of methoxy groups -OCH3 is 1. The van der Waals surface area contributed by atoms with Crippen molar-refractivity contribution in [3.63, 3.8) is 0 Å². The van der Waals surface area contributed by atoms with Gasteiger partial charge in [0.2, 0.25) is 5.91 Å². The summed E-state index contributed by atoms with van der Waals surface area (Å²) < 4.78 is 4.54. The first kappa shape index (κ1) is 43.7. The van der Waals surface area contributed by atoms with Gasteiger partial charge in [-0.15, -0.1) is 6.58 Å². The Kier molecular flexibility index (Phi) is 30.4. The van der Waals surface area contributed by atoms with Gasteiger partial charge in [-0.25, -0.2) is 0 Å². The lowest BCUT2D eigenvalue weighted by Crippen LogP contribution is -2.50. The van der Waals surface area contributed by atoms with Crippen LogP contribution in [-0.2, 0) is 9.53 Å². The molecule has 1 unspecified atom stereocenters. The predicted octanol–water partition coefficient (Wildman–Crippen LogP) is 3.29. The average molecular weight is 622 g/mol. The van der Waals surface area contributed by atoms with Crippen molar-refractivity contribution in [2.24, 2.45) is 4.99 Å². The zero-order chi connectivity index (χ0) is 33.6. The quantitative estimate of drug-likeness (QED) is 0.0876. The van der Waals surface area contributed by atoms with Crippen LogP contribution in [0.3, 0.4) is 0 Å². The summed E-state index contributed by atoms with van der Waals surface area (Å²) in [5.74, 6) is 3.25. The molecule has 1 amide bonds. The van der Waals surface area contributed by atoms with Crippen molar-refractivity contribution in [3.8, 4) is 12.0 Å². The van der Waals surface area contributed by atoms with Gasteiger partial charge < -0.3 is 29.9 Å². The number of carbonyl (C=O) groups excluding carboxylic acids is 1. The number of hydrogen-bond acceptors (Lipinski definition) is 8. The van der Waals surface area contributed by atoms with E-state index < -0.39 is 0 Å². The van der Waals surface area contributed by atoms with Gasteiger partial charge in [-0.2, -0.15) is 0 Å². The molecule has 44 heavy (non-hydrogen) atoms. The molecule has 1 fully saturated rings. The molecule has 0 aromatic heterocycles. The number of likely N-dealkylation sites (N-methyl/N-ethyl adjacent to an activating group) is 1. The van der Waals surface area contributed by atoms with Crippen molar-refractivity contribution in [2.45, 2.75) is 72.4 Å². The summed E-state index contributed by atoms with van der Waals surface area (Å²) in [6.45, 7) is 23.1. The molecule has 1 atom stereocenters. The summed E-state index contributed by atoms with van der Waals surface area (Å²) in [5, 5.41) is 14.0. The summed E-state index contributed by atoms with van der Waals surface area (Å²) in [4.78, 5) is 26.9. The van der Waals surface area contributed by atoms with Crippen LogP contribution in [0.15, 0.2) is 29.8 Å². The van der Waals surface area contributed by atoms with Crippen LogP contribution in [0.2, 0.25) is 0 Å². The molecule has 1 saturated heterocycles. The number of amides is 1. The third kappa shape index (κ3) is 24.0. The van der Waals surface area contributed by atoms with E-state index in [-0.39, 0.29) is 18.5 Å². The van der Waals surface area contributed by atoms with Crippen LogP contribution in [0.1, 0.15) is 60.3 Å². The number of allylic oxidation sites excluding steroid dienone is 1. The Bertz CT molecular complexity index is 807. The monoisotopic (exact) mass is 622 g/mol. The van der Waals surface area contributed by atoms with Crippen molar-refractivity contribution in [1.29, 1.82) is 0 Å². The maximum atomic E-state index is 12.7. The van der Waals surface area contributed by atoms with Crippen LogP contribution in [0.5, 0.6) is 0 Å². The lowest BCUT2D eigenvalue weighted by Gasteiger charge is -2.37. The van der Waals surface area contributed by atoms with Gasteiger partial charge in [-0.1, -0.05) is 38.0 Å². The number of nitrogens with one attached hydrogen (secondary N) is 2. The molecular formula is C34H67N7O3. The highest BCUT2D eigenvalue weighted by molar-refractivity contribution is 5.88. The van der Waals surface area contributed by atoms with Crippen molar-refractivity contribution < 1.29 is 14.6 Å². The minimum absolute atomic E-state index is 0.0375. The molecule has 1 heterocycles. The second kappa shape index (κ2) is 30.6. The summed E-state index contributed by atoms with van der Waals surface area (Å²) >= 11 is 0. The van der Waals surface area contributed by atoms with Crippen LogP contribution in [-0.4, -0.2) is 149 Å². The van der Waals surface area contributed by atoms with Crippen LogP contribution in [0, 0.1) is 12.0 Å². The number of hydrogen-bond donors (Lipinski definition) is 3. The molecule has 0 spiro atoms. The molecule has 256 valence electrons. The van der Waals surface area contributed by atoms with Crippen LogP contribution >= 0.6 is 0 Å². The average Bonchev–Trinajstić information content (AvgIpc) is 3.02. The highest BCUT2D eigenvalue weighted by Gasteiger charge is 2.23. The van der Waals surface area contributed by atoms with E-state index in [1.54, 1.807) is 20.1 Å². The number of piperidine rings is 1. The number of ether oxygens (including phenoxy) is 1. The lowest BCUT2D eigenvalue weighted by molar-refractivity contribution is -0.120. The maximum Gasteiger partial charge on any atom is 0.234 e. The van der Waals surface area contributed by atoms with Crippen molar-refractivity contribution in [3.05, 3.63) is 24.8 Å². The van der Waals surface area contributed by atoms with Crippen LogP contribution < -0.4 is 10.6 Å². The number of amidine groups is 1. The zero-order valence-electron chi connectivity index (χ0n) is 29.7. The highest BCUT2D eigenvalue weighted by atomic mass is 16.5. The Hall–Kier alpha value is -2.42. The van der Waals surface area contributed by atoms with Crippen molar-refractivity contribution in [2.75, 3.05) is 100 Å². The summed E-state index contributed by atoms with van der Waals surface area (Å²) in [6, 6.07) is 0.596. The number of aliphatic hydroxyl groups excluding tert-OH is 1. The van der Waals surface area contributed by atoms with Gasteiger partial charge in [-0.3, -0.25) is 20.0 Å². The number of carbonyl (C=O) groups is 1. The smallest absolute Gasteiger partial charge is 0.234 e. The summed E-state index contributed by atoms with van der Waals surface area (Å²) in [5.41, 5.74) is 0. The predicted molar refractivity (Wildman–Crippen MR) is 188 cm³/mol. The van der Waals surface area contributed by atoms with Gasteiger partial charge in [0.15, 0.2) is 0 Å². The van der Waals surface area contributed by atoms with Crippen molar-refractivity contribution >= 4 is 11.7 Å². The Balaban J connectivity index is 0. The molecule has 3 N–H and O–H groups in total. The van der Waals surface area contributed by atoms with Gasteiger partial charge >= 0.3 is 0 Å². The van der Waals surface area contributed by atoms with E-state index in [4.69, 9.17) is 10.1 Å². The first-order chi connectivity index (χ1) is 21.1. The Morgan fingerprint density at radius 1 is 1.16 bits per heavy atom. The fraction of sp³-hybridized carbons (Fsp3) is 0.765. The number of nitrogens with zero attached hydrogens (tertiary/aromatic N) is 5. The zero-order valence-corrected chi connectivity index (χ0v) is 29.7. The summed E-state index contributed by atoms with van der Waals surface area (Å²) in [7, 11) is 8.05. The normalized spacial score (nSPS) is 14.7. The molecular weight excluding hydrogens is 554 g/mol. The molecule has 10 heteroatoms. The fourth-order valence-corrected chi connectivity index (χ4v) is 4.52. The molecule has 10 nitrogen and oxygen atoms in total. The third-order valence-electron chi connectivity index (χ3n) is 7.04. The number of aliphatic imine (C=N–C) groups is 1. The number of aliphatic hydroxyl groups is 1. The molecule has 1 rings (SSSR count). The van der Waals surface area contributed by atoms with Gasteiger partial charge in [0.1, 0.15) is 11.9 Å². The minimum atomic E-state index is -0.0382. The van der Waals surface area contributed by atoms with Crippen molar-refractivity contribution in [1.82, 2.24) is 30.2 Å². The van der Waals surface area contributed by atoms with Gasteiger partial charge in [0, 0.05) is 59.4 Å². The minimum Gasteiger partial charge on any atom is -0.462 e. The van der Waals surface area contributed by atoms with Crippen LogP contribution in [0.25, 0.3) is 0 Å². The molecule has 0 bridgehead atoms. The van der Waals surface area contributed by atoms with Gasteiger partial charge in [0.25, 0.3) is 0 Å². The molecule has 0 saturated carbocycles. The first-order valence-electron chi connectivity index (χ1n) is 16.3.